The lowest BCUT2D eigenvalue weighted by molar-refractivity contribution is 0.00949. The molecule has 0 aliphatic carbocycles. The minimum absolute atomic E-state index is 0.0327. The van der Waals surface area contributed by atoms with Crippen molar-refractivity contribution in [2.45, 2.75) is 24.3 Å². The maximum absolute atomic E-state index is 12.7. The van der Waals surface area contributed by atoms with Gasteiger partial charge < -0.3 is 16.2 Å². The van der Waals surface area contributed by atoms with E-state index in [0.717, 1.165) is 0 Å². The Bertz CT molecular complexity index is 1090. The van der Waals surface area contributed by atoms with E-state index in [4.69, 9.17) is 16.2 Å². The topological polar surface area (TPSA) is 147 Å². The predicted octanol–water partition coefficient (Wildman–Crippen LogP) is 0.205. The standard InChI is InChI=1S/C16H16N4O5S/c1-16(2)11-7-8-20(13(21)12(11)14(22)25-16)9-3-5-10(6-4-9)26(23,24)19-15(17)18/h3-8H,1-2H3,(H4,17,18,19). The summed E-state index contributed by atoms with van der Waals surface area (Å²) in [4.78, 5) is 24.6. The molecule has 3 rings (SSSR count). The van der Waals surface area contributed by atoms with Crippen molar-refractivity contribution in [2.75, 3.05) is 0 Å². The summed E-state index contributed by atoms with van der Waals surface area (Å²) < 4.78 is 33.5. The molecule has 1 aliphatic heterocycles. The third kappa shape index (κ3) is 2.84. The summed E-state index contributed by atoms with van der Waals surface area (Å²) in [6, 6.07) is 6.98. The van der Waals surface area contributed by atoms with E-state index in [1.165, 1.54) is 35.0 Å². The molecule has 1 aromatic heterocycles. The van der Waals surface area contributed by atoms with Crippen LogP contribution in [0, 0.1) is 0 Å². The van der Waals surface area contributed by atoms with Crippen LogP contribution in [0.25, 0.3) is 5.69 Å². The number of hydrogen-bond donors (Lipinski definition) is 2. The molecule has 10 heteroatoms. The van der Waals surface area contributed by atoms with Crippen molar-refractivity contribution in [1.29, 1.82) is 0 Å². The lowest BCUT2D eigenvalue weighted by atomic mass is 9.97. The molecule has 1 aromatic carbocycles. The van der Waals surface area contributed by atoms with Crippen molar-refractivity contribution in [2.24, 2.45) is 15.9 Å². The highest BCUT2D eigenvalue weighted by atomic mass is 32.2. The van der Waals surface area contributed by atoms with E-state index in [9.17, 15) is 18.0 Å². The number of hydrogen-bond acceptors (Lipinski definition) is 5. The number of nitrogens with two attached hydrogens (primary N) is 2. The molecule has 0 amide bonds. The SMILES string of the molecule is CC1(C)OC(=O)c2c1ccn(-c1ccc(S(=O)(=O)N=C(N)N)cc1)c2=O. The zero-order valence-electron chi connectivity index (χ0n) is 14.0. The molecule has 0 atom stereocenters. The summed E-state index contributed by atoms with van der Waals surface area (Å²) in [7, 11) is -4.03. The van der Waals surface area contributed by atoms with Crippen LogP contribution < -0.4 is 17.0 Å². The first-order valence-electron chi connectivity index (χ1n) is 7.49. The van der Waals surface area contributed by atoms with Gasteiger partial charge in [0.05, 0.1) is 4.90 Å². The molecular formula is C16H16N4O5S. The highest BCUT2D eigenvalue weighted by Crippen LogP contribution is 2.33. The normalized spacial score (nSPS) is 15.2. The van der Waals surface area contributed by atoms with E-state index in [1.807, 2.05) is 0 Å². The van der Waals surface area contributed by atoms with Gasteiger partial charge in [-0.2, -0.15) is 8.42 Å². The molecular weight excluding hydrogens is 360 g/mol. The van der Waals surface area contributed by atoms with Gasteiger partial charge in [0, 0.05) is 17.4 Å². The number of benzene rings is 1. The number of carbonyl (C=O) groups excluding carboxylic acids is 1. The fourth-order valence-electron chi connectivity index (χ4n) is 2.75. The Morgan fingerprint density at radius 3 is 2.31 bits per heavy atom. The van der Waals surface area contributed by atoms with Gasteiger partial charge in [0.2, 0.25) is 5.96 Å². The molecule has 2 aromatic rings. The Morgan fingerprint density at radius 1 is 1.12 bits per heavy atom. The summed E-state index contributed by atoms with van der Waals surface area (Å²) in [6.45, 7) is 3.40. The Labute approximate surface area is 149 Å². The van der Waals surface area contributed by atoms with E-state index >= 15 is 0 Å². The third-order valence-electron chi connectivity index (χ3n) is 3.93. The number of carbonyl (C=O) groups is 1. The highest BCUT2D eigenvalue weighted by Gasteiger charge is 2.40. The molecule has 0 bridgehead atoms. The van der Waals surface area contributed by atoms with Gasteiger partial charge in [0.15, 0.2) is 0 Å². The van der Waals surface area contributed by atoms with Crippen LogP contribution in [-0.4, -0.2) is 24.9 Å². The lowest BCUT2D eigenvalue weighted by Crippen LogP contribution is -2.25. The molecule has 1 aliphatic rings. The molecule has 26 heavy (non-hydrogen) atoms. The molecule has 136 valence electrons. The van der Waals surface area contributed by atoms with Crippen molar-refractivity contribution < 1.29 is 17.9 Å². The van der Waals surface area contributed by atoms with E-state index in [1.54, 1.807) is 19.9 Å². The third-order valence-corrected chi connectivity index (χ3v) is 5.25. The van der Waals surface area contributed by atoms with Gasteiger partial charge in [0.25, 0.3) is 15.6 Å². The first-order valence-corrected chi connectivity index (χ1v) is 8.93. The van der Waals surface area contributed by atoms with E-state index in [-0.39, 0.29) is 10.5 Å². The van der Waals surface area contributed by atoms with Crippen molar-refractivity contribution in [1.82, 2.24) is 4.57 Å². The molecule has 0 spiro atoms. The molecule has 2 heterocycles. The molecule has 9 nitrogen and oxygen atoms in total. The minimum Gasteiger partial charge on any atom is -0.451 e. The highest BCUT2D eigenvalue weighted by molar-refractivity contribution is 7.90. The first kappa shape index (κ1) is 17.7. The Hall–Kier alpha value is -3.14. The van der Waals surface area contributed by atoms with Crippen LogP contribution >= 0.6 is 0 Å². The largest absolute Gasteiger partial charge is 0.451 e. The number of fused-ring (bicyclic) bond motifs is 1. The Kier molecular flexibility index (Phi) is 3.87. The summed E-state index contributed by atoms with van der Waals surface area (Å²) >= 11 is 0. The Balaban J connectivity index is 2.08. The quantitative estimate of drug-likeness (QED) is 0.442. The number of sulfonamides is 1. The minimum atomic E-state index is -4.03. The van der Waals surface area contributed by atoms with Crippen molar-refractivity contribution in [3.05, 3.63) is 58.0 Å². The van der Waals surface area contributed by atoms with Gasteiger partial charge in [-0.15, -0.1) is 4.40 Å². The van der Waals surface area contributed by atoms with Crippen LogP contribution in [0.5, 0.6) is 0 Å². The average Bonchev–Trinajstić information content (AvgIpc) is 2.76. The van der Waals surface area contributed by atoms with Crippen LogP contribution in [0.1, 0.15) is 29.8 Å². The Morgan fingerprint density at radius 2 is 1.73 bits per heavy atom. The molecule has 0 radical (unpaired) electrons. The maximum Gasteiger partial charge on any atom is 0.345 e. The van der Waals surface area contributed by atoms with Crippen LogP contribution in [0.15, 0.2) is 50.6 Å². The number of cyclic esters (lactones) is 1. The van der Waals surface area contributed by atoms with E-state index in [0.29, 0.717) is 11.3 Å². The number of rotatable bonds is 3. The van der Waals surface area contributed by atoms with Gasteiger partial charge in [-0.3, -0.25) is 9.36 Å². The number of pyridine rings is 1. The summed E-state index contributed by atoms with van der Waals surface area (Å²) in [5.41, 5.74) is 9.64. The van der Waals surface area contributed by atoms with Gasteiger partial charge in [-0.05, 0) is 44.2 Å². The van der Waals surface area contributed by atoms with Crippen LogP contribution in [-0.2, 0) is 20.4 Å². The van der Waals surface area contributed by atoms with E-state index in [2.05, 4.69) is 4.40 Å². The number of nitrogens with zero attached hydrogens (tertiary/aromatic N) is 2. The number of esters is 1. The number of guanidine groups is 1. The zero-order valence-corrected chi connectivity index (χ0v) is 14.8. The first-order chi connectivity index (χ1) is 12.0. The van der Waals surface area contributed by atoms with Gasteiger partial charge in [-0.1, -0.05) is 0 Å². The summed E-state index contributed by atoms with van der Waals surface area (Å²) in [6.07, 6.45) is 1.50. The second-order valence-corrected chi connectivity index (χ2v) is 7.77. The van der Waals surface area contributed by atoms with Gasteiger partial charge >= 0.3 is 5.97 Å². The smallest absolute Gasteiger partial charge is 0.345 e. The fourth-order valence-corrected chi connectivity index (χ4v) is 3.61. The van der Waals surface area contributed by atoms with Crippen LogP contribution in [0.4, 0.5) is 0 Å². The summed E-state index contributed by atoms with van der Waals surface area (Å²) in [5, 5.41) is 0. The van der Waals surface area contributed by atoms with Crippen LogP contribution in [0.2, 0.25) is 0 Å². The number of aromatic nitrogens is 1. The van der Waals surface area contributed by atoms with Crippen molar-refractivity contribution >= 4 is 22.0 Å². The predicted molar refractivity (Wildman–Crippen MR) is 93.5 cm³/mol. The van der Waals surface area contributed by atoms with Crippen molar-refractivity contribution in [3.8, 4) is 5.69 Å². The lowest BCUT2D eigenvalue weighted by Gasteiger charge is -2.17. The molecule has 0 saturated carbocycles. The molecule has 4 N–H and O–H groups in total. The van der Waals surface area contributed by atoms with Gasteiger partial charge in [-0.25, -0.2) is 4.79 Å². The average molecular weight is 376 g/mol. The number of ether oxygens (including phenoxy) is 1. The van der Waals surface area contributed by atoms with Crippen molar-refractivity contribution in [3.63, 3.8) is 0 Å². The fraction of sp³-hybridized carbons (Fsp3) is 0.188. The molecule has 0 unspecified atom stereocenters. The monoisotopic (exact) mass is 376 g/mol. The second-order valence-electron chi connectivity index (χ2n) is 6.16. The van der Waals surface area contributed by atoms with Crippen LogP contribution in [0.3, 0.4) is 0 Å². The van der Waals surface area contributed by atoms with E-state index < -0.39 is 33.1 Å². The molecule has 0 saturated heterocycles. The second kappa shape index (κ2) is 5.70. The molecule has 0 fully saturated rings. The van der Waals surface area contributed by atoms with Gasteiger partial charge in [0.1, 0.15) is 11.2 Å². The maximum atomic E-state index is 12.7. The summed E-state index contributed by atoms with van der Waals surface area (Å²) in [5.74, 6) is -1.26. The zero-order chi connectivity index (χ0) is 19.3.